The summed E-state index contributed by atoms with van der Waals surface area (Å²) in [6, 6.07) is 49.8. The summed E-state index contributed by atoms with van der Waals surface area (Å²) >= 11 is 0. The average Bonchev–Trinajstić information content (AvgIpc) is 2.92. The quantitative estimate of drug-likeness (QED) is 0.221. The van der Waals surface area contributed by atoms with Crippen LogP contribution in [0.5, 0.6) is 0 Å². The Morgan fingerprint density at radius 3 is 1.50 bits per heavy atom. The summed E-state index contributed by atoms with van der Waals surface area (Å²) in [7, 11) is 0.192. The molecule has 1 atom stereocenters. The lowest BCUT2D eigenvalue weighted by Gasteiger charge is -2.25. The lowest BCUT2D eigenvalue weighted by Crippen LogP contribution is -2.10. The molecule has 166 valence electrons. The van der Waals surface area contributed by atoms with Crippen LogP contribution in [0.25, 0.3) is 11.1 Å². The van der Waals surface area contributed by atoms with Crippen LogP contribution in [0.1, 0.15) is 5.56 Å². The molecule has 0 aliphatic heterocycles. The largest absolute Gasteiger partial charge is 0.311 e. The van der Waals surface area contributed by atoms with E-state index < -0.39 is 0 Å². The van der Waals surface area contributed by atoms with E-state index in [9.17, 15) is 0 Å². The normalized spacial score (nSPS) is 11.7. The van der Waals surface area contributed by atoms with Gasteiger partial charge in [0.25, 0.3) is 0 Å². The first-order chi connectivity index (χ1) is 16.8. The number of anilines is 3. The Bertz CT molecular complexity index is 1300. The number of benzene rings is 5. The van der Waals surface area contributed by atoms with Crippen molar-refractivity contribution in [1.29, 1.82) is 0 Å². The van der Waals surface area contributed by atoms with Gasteiger partial charge >= 0.3 is 0 Å². The Balaban J connectivity index is 1.43. The van der Waals surface area contributed by atoms with Gasteiger partial charge in [0.2, 0.25) is 0 Å². The third-order valence-corrected chi connectivity index (χ3v) is 7.81. The molecule has 0 spiro atoms. The highest BCUT2D eigenvalue weighted by Gasteiger charge is 2.17. The molecule has 2 heteroatoms. The molecule has 0 saturated carbocycles. The molecule has 5 aromatic carbocycles. The van der Waals surface area contributed by atoms with Crippen LogP contribution in [0.15, 0.2) is 144 Å². The van der Waals surface area contributed by atoms with Crippen LogP contribution in [0.2, 0.25) is 0 Å². The Kier molecular flexibility index (Phi) is 6.78. The number of hydrogen-bond acceptors (Lipinski definition) is 1. The fourth-order valence-corrected chi connectivity index (χ4v) is 5.67. The number of hydrogen-bond donors (Lipinski definition) is 0. The standard InChI is InChI=1S/C32H28NS/c1-34(32-15-9-4-10-16-32)25-26-17-21-30(22-18-26)33(29-13-7-3-8-14-29)31-23-19-28(20-24-31)27-11-5-2-6-12-27/h2-24H,25H2,1H3/q+1. The van der Waals surface area contributed by atoms with Crippen LogP contribution in [-0.2, 0) is 16.6 Å². The predicted molar refractivity (Wildman–Crippen MR) is 148 cm³/mol. The van der Waals surface area contributed by atoms with Gasteiger partial charge in [-0.2, -0.15) is 0 Å². The van der Waals surface area contributed by atoms with Gasteiger partial charge in [-0.3, -0.25) is 0 Å². The fraction of sp³-hybridized carbons (Fsp3) is 0.0625. The Hall–Kier alpha value is -3.75. The summed E-state index contributed by atoms with van der Waals surface area (Å²) in [6.07, 6.45) is 2.33. The molecule has 34 heavy (non-hydrogen) atoms. The number of para-hydroxylation sites is 1. The van der Waals surface area contributed by atoms with Gasteiger partial charge in [0.1, 0.15) is 12.0 Å². The Labute approximate surface area is 205 Å². The summed E-state index contributed by atoms with van der Waals surface area (Å²) in [5, 5.41) is 0. The van der Waals surface area contributed by atoms with Gasteiger partial charge in [-0.25, -0.2) is 0 Å². The van der Waals surface area contributed by atoms with Gasteiger partial charge in [-0.1, -0.05) is 91.0 Å². The molecule has 1 nitrogen and oxygen atoms in total. The molecule has 0 bridgehead atoms. The van der Waals surface area contributed by atoms with E-state index in [0.717, 1.165) is 22.8 Å². The Morgan fingerprint density at radius 1 is 0.471 bits per heavy atom. The van der Waals surface area contributed by atoms with E-state index in [1.54, 1.807) is 0 Å². The lowest BCUT2D eigenvalue weighted by atomic mass is 10.0. The molecule has 1 unspecified atom stereocenters. The van der Waals surface area contributed by atoms with Crippen molar-refractivity contribution >= 4 is 28.0 Å². The van der Waals surface area contributed by atoms with Gasteiger partial charge in [0, 0.05) is 33.5 Å². The van der Waals surface area contributed by atoms with E-state index >= 15 is 0 Å². The molecular weight excluding hydrogens is 430 g/mol. The summed E-state index contributed by atoms with van der Waals surface area (Å²) in [4.78, 5) is 3.73. The van der Waals surface area contributed by atoms with Gasteiger partial charge < -0.3 is 4.90 Å². The fourth-order valence-electron chi connectivity index (χ4n) is 4.19. The topological polar surface area (TPSA) is 3.24 Å². The van der Waals surface area contributed by atoms with E-state index in [-0.39, 0.29) is 10.9 Å². The molecule has 0 aromatic heterocycles. The van der Waals surface area contributed by atoms with Crippen molar-refractivity contribution in [3.8, 4) is 11.1 Å². The van der Waals surface area contributed by atoms with Crippen molar-refractivity contribution < 1.29 is 0 Å². The zero-order valence-electron chi connectivity index (χ0n) is 19.3. The van der Waals surface area contributed by atoms with Crippen LogP contribution in [0, 0.1) is 0 Å². The maximum Gasteiger partial charge on any atom is 0.154 e. The molecule has 0 N–H and O–H groups in total. The maximum atomic E-state index is 2.33. The number of nitrogens with zero attached hydrogens (tertiary/aromatic N) is 1. The summed E-state index contributed by atoms with van der Waals surface area (Å²) in [5.41, 5.74) is 7.30. The molecule has 0 fully saturated rings. The van der Waals surface area contributed by atoms with Crippen molar-refractivity contribution in [2.75, 3.05) is 11.2 Å². The van der Waals surface area contributed by atoms with Gasteiger partial charge in [-0.05, 0) is 59.7 Å². The highest BCUT2D eigenvalue weighted by atomic mass is 32.2. The molecule has 0 heterocycles. The zero-order valence-corrected chi connectivity index (χ0v) is 20.2. The van der Waals surface area contributed by atoms with E-state index in [2.05, 4.69) is 151 Å². The number of rotatable bonds is 7. The third-order valence-electron chi connectivity index (χ3n) is 5.97. The predicted octanol–water partition coefficient (Wildman–Crippen LogP) is 8.63. The van der Waals surface area contributed by atoms with Crippen LogP contribution >= 0.6 is 0 Å². The van der Waals surface area contributed by atoms with Gasteiger partial charge in [0.05, 0.1) is 0 Å². The van der Waals surface area contributed by atoms with E-state index in [1.165, 1.54) is 21.6 Å². The Morgan fingerprint density at radius 2 is 0.912 bits per heavy atom. The molecule has 0 aliphatic carbocycles. The second kappa shape index (κ2) is 10.5. The van der Waals surface area contributed by atoms with Crippen LogP contribution in [-0.4, -0.2) is 6.26 Å². The molecule has 0 amide bonds. The van der Waals surface area contributed by atoms with Crippen LogP contribution < -0.4 is 4.90 Å². The molecular formula is C32H28NS+. The second-order valence-electron chi connectivity index (χ2n) is 8.34. The molecule has 0 saturated heterocycles. The van der Waals surface area contributed by atoms with Crippen LogP contribution in [0.3, 0.4) is 0 Å². The SMILES string of the molecule is C[S+](Cc1ccc(N(c2ccccc2)c2ccc(-c3ccccc3)cc2)cc1)c1ccccc1. The molecule has 0 radical (unpaired) electrons. The minimum atomic E-state index is 0.192. The summed E-state index contributed by atoms with van der Waals surface area (Å²) in [6.45, 7) is 0. The molecule has 0 aliphatic rings. The van der Waals surface area contributed by atoms with Crippen molar-refractivity contribution in [2.45, 2.75) is 10.6 Å². The van der Waals surface area contributed by atoms with Gasteiger partial charge in [-0.15, -0.1) is 0 Å². The summed E-state index contributed by atoms with van der Waals surface area (Å²) < 4.78 is 0. The van der Waals surface area contributed by atoms with Crippen molar-refractivity contribution in [1.82, 2.24) is 0 Å². The van der Waals surface area contributed by atoms with Crippen molar-refractivity contribution in [3.63, 3.8) is 0 Å². The highest BCUT2D eigenvalue weighted by molar-refractivity contribution is 7.95. The highest BCUT2D eigenvalue weighted by Crippen LogP contribution is 2.35. The first-order valence-corrected chi connectivity index (χ1v) is 13.4. The second-order valence-corrected chi connectivity index (χ2v) is 10.4. The van der Waals surface area contributed by atoms with Crippen molar-refractivity contribution in [3.05, 3.63) is 145 Å². The van der Waals surface area contributed by atoms with E-state index in [1.807, 2.05) is 0 Å². The first kappa shape index (κ1) is 22.1. The first-order valence-electron chi connectivity index (χ1n) is 11.6. The van der Waals surface area contributed by atoms with E-state index in [0.29, 0.717) is 0 Å². The van der Waals surface area contributed by atoms with Crippen LogP contribution in [0.4, 0.5) is 17.1 Å². The third kappa shape index (κ3) is 5.08. The monoisotopic (exact) mass is 458 g/mol. The van der Waals surface area contributed by atoms with Crippen molar-refractivity contribution in [2.24, 2.45) is 0 Å². The molecule has 5 aromatic rings. The minimum Gasteiger partial charge on any atom is -0.311 e. The van der Waals surface area contributed by atoms with E-state index in [4.69, 9.17) is 0 Å². The molecule has 5 rings (SSSR count). The zero-order chi connectivity index (χ0) is 23.2. The summed E-state index contributed by atoms with van der Waals surface area (Å²) in [5.74, 6) is 1.06. The average molecular weight is 459 g/mol. The van der Waals surface area contributed by atoms with Gasteiger partial charge in [0.15, 0.2) is 4.90 Å². The lowest BCUT2D eigenvalue weighted by molar-refractivity contribution is 1.27. The maximum absolute atomic E-state index is 2.33. The minimum absolute atomic E-state index is 0.192. The smallest absolute Gasteiger partial charge is 0.154 e.